The smallest absolute Gasteiger partial charge is 0.288 e. The summed E-state index contributed by atoms with van der Waals surface area (Å²) >= 11 is 14.0. The van der Waals surface area contributed by atoms with E-state index in [0.717, 1.165) is 21.7 Å². The topological polar surface area (TPSA) is 36.4 Å². The number of carbonyl (C=O) groups excluding carboxylic acids is 1. The monoisotopic (exact) mass is 415 g/mol. The summed E-state index contributed by atoms with van der Waals surface area (Å²) in [5.41, 5.74) is 2.76. The number of halogens is 2. The van der Waals surface area contributed by atoms with Crippen molar-refractivity contribution in [3.05, 3.63) is 88.2 Å². The molecule has 0 saturated heterocycles. The first-order valence-corrected chi connectivity index (χ1v) is 9.83. The van der Waals surface area contributed by atoms with Crippen LogP contribution >= 0.6 is 35.1 Å². The van der Waals surface area contributed by atoms with E-state index < -0.39 is 0 Å². The molecule has 0 bridgehead atoms. The van der Waals surface area contributed by atoms with Crippen molar-refractivity contribution < 1.29 is 4.79 Å². The molecule has 0 fully saturated rings. The third-order valence-corrected chi connectivity index (χ3v) is 5.93. The number of hydrogen-bond donors (Lipinski definition) is 0. The molecule has 4 nitrogen and oxygen atoms in total. The van der Waals surface area contributed by atoms with Crippen LogP contribution in [0.4, 0.5) is 10.5 Å². The highest BCUT2D eigenvalue weighted by Crippen LogP contribution is 2.45. The van der Waals surface area contributed by atoms with Gasteiger partial charge in [-0.15, -0.1) is 0 Å². The van der Waals surface area contributed by atoms with Crippen molar-refractivity contribution in [2.75, 3.05) is 4.90 Å². The summed E-state index contributed by atoms with van der Waals surface area (Å²) in [6.45, 7) is 0.895. The van der Waals surface area contributed by atoms with Crippen molar-refractivity contribution in [3.8, 4) is 0 Å². The predicted molar refractivity (Wildman–Crippen MR) is 110 cm³/mol. The predicted octanol–water partition coefficient (Wildman–Crippen LogP) is 6.04. The fourth-order valence-corrected chi connectivity index (χ4v) is 4.50. The molecule has 3 aromatic rings. The van der Waals surface area contributed by atoms with Gasteiger partial charge in [-0.3, -0.25) is 14.2 Å². The Hall–Kier alpha value is -2.21. The van der Waals surface area contributed by atoms with E-state index in [4.69, 9.17) is 23.2 Å². The van der Waals surface area contributed by atoms with Crippen LogP contribution in [0.15, 0.2) is 71.9 Å². The highest BCUT2D eigenvalue weighted by molar-refractivity contribution is 7.98. The molecular weight excluding hydrogens is 401 g/mol. The van der Waals surface area contributed by atoms with Gasteiger partial charge in [-0.1, -0.05) is 53.5 Å². The van der Waals surface area contributed by atoms with Crippen molar-refractivity contribution in [3.63, 3.8) is 0 Å². The molecule has 1 aliphatic rings. The SMILES string of the molecule is O=C1N(Cc2ccncc2)Sc2c(Cl)cc(Cl)cc2N1Cc1ccccc1. The minimum absolute atomic E-state index is 0.105. The van der Waals surface area contributed by atoms with Gasteiger partial charge in [0, 0.05) is 17.4 Å². The Kier molecular flexibility index (Phi) is 5.25. The second kappa shape index (κ2) is 7.80. The van der Waals surface area contributed by atoms with E-state index in [1.54, 1.807) is 33.7 Å². The summed E-state index contributed by atoms with van der Waals surface area (Å²) in [5, 5.41) is 1.04. The molecule has 4 rings (SSSR count). The van der Waals surface area contributed by atoms with Gasteiger partial charge in [-0.25, -0.2) is 4.79 Å². The highest BCUT2D eigenvalue weighted by atomic mass is 35.5. The molecule has 1 aliphatic heterocycles. The standard InChI is InChI=1S/C20H15Cl2N3OS/c21-16-10-17(22)19-18(11-16)24(12-14-4-2-1-3-5-14)20(26)25(27-19)13-15-6-8-23-9-7-15/h1-11H,12-13H2. The second-order valence-electron chi connectivity index (χ2n) is 6.07. The van der Waals surface area contributed by atoms with Crippen LogP contribution in [0.3, 0.4) is 0 Å². The Balaban J connectivity index is 1.72. The van der Waals surface area contributed by atoms with Crippen LogP contribution < -0.4 is 4.90 Å². The molecule has 2 heterocycles. The van der Waals surface area contributed by atoms with Gasteiger partial charge in [-0.05, 0) is 47.3 Å². The summed E-state index contributed by atoms with van der Waals surface area (Å²) in [7, 11) is 0. The van der Waals surface area contributed by atoms with E-state index >= 15 is 0 Å². The number of carbonyl (C=O) groups is 1. The zero-order chi connectivity index (χ0) is 18.8. The zero-order valence-corrected chi connectivity index (χ0v) is 16.5. The van der Waals surface area contributed by atoms with Crippen molar-refractivity contribution in [1.82, 2.24) is 9.29 Å². The lowest BCUT2D eigenvalue weighted by molar-refractivity contribution is 0.229. The molecule has 2 aromatic carbocycles. The highest BCUT2D eigenvalue weighted by Gasteiger charge is 2.33. The maximum atomic E-state index is 13.2. The van der Waals surface area contributed by atoms with Gasteiger partial charge in [0.05, 0.1) is 28.7 Å². The summed E-state index contributed by atoms with van der Waals surface area (Å²) in [6.07, 6.45) is 3.44. The maximum absolute atomic E-state index is 13.2. The van der Waals surface area contributed by atoms with E-state index in [1.807, 2.05) is 42.5 Å². The fourth-order valence-electron chi connectivity index (χ4n) is 2.90. The number of nitrogens with zero attached hydrogens (tertiary/aromatic N) is 3. The molecule has 0 saturated carbocycles. The van der Waals surface area contributed by atoms with Crippen LogP contribution in [0.2, 0.25) is 10.0 Å². The number of urea groups is 1. The molecule has 0 unspecified atom stereocenters. The molecule has 2 amide bonds. The number of benzene rings is 2. The first kappa shape index (κ1) is 18.2. The van der Waals surface area contributed by atoms with Crippen LogP contribution in [0.25, 0.3) is 0 Å². The largest absolute Gasteiger partial charge is 0.335 e. The van der Waals surface area contributed by atoms with Crippen LogP contribution in [0.1, 0.15) is 11.1 Å². The average molecular weight is 416 g/mol. The van der Waals surface area contributed by atoms with Gasteiger partial charge in [0.15, 0.2) is 0 Å². The minimum Gasteiger partial charge on any atom is -0.288 e. The second-order valence-corrected chi connectivity index (χ2v) is 7.95. The van der Waals surface area contributed by atoms with Crippen LogP contribution in [-0.4, -0.2) is 15.3 Å². The number of fused-ring (bicyclic) bond motifs is 1. The van der Waals surface area contributed by atoms with Gasteiger partial charge in [0.1, 0.15) is 0 Å². The zero-order valence-electron chi connectivity index (χ0n) is 14.2. The molecule has 7 heteroatoms. The van der Waals surface area contributed by atoms with Gasteiger partial charge < -0.3 is 0 Å². The fraction of sp³-hybridized carbons (Fsp3) is 0.100. The molecule has 136 valence electrons. The average Bonchev–Trinajstić information content (AvgIpc) is 2.67. The number of hydrogen-bond acceptors (Lipinski definition) is 3. The third kappa shape index (κ3) is 3.90. The maximum Gasteiger partial charge on any atom is 0.335 e. The van der Waals surface area contributed by atoms with Crippen molar-refractivity contribution in [2.24, 2.45) is 0 Å². The first-order chi connectivity index (χ1) is 13.1. The van der Waals surface area contributed by atoms with E-state index in [1.165, 1.54) is 11.9 Å². The Morgan fingerprint density at radius 3 is 2.37 bits per heavy atom. The molecule has 1 aromatic heterocycles. The normalized spacial score (nSPS) is 13.6. The van der Waals surface area contributed by atoms with Gasteiger partial charge in [-0.2, -0.15) is 0 Å². The minimum atomic E-state index is -0.105. The molecular formula is C20H15Cl2N3OS. The van der Waals surface area contributed by atoms with Crippen LogP contribution in [0, 0.1) is 0 Å². The third-order valence-electron chi connectivity index (χ3n) is 4.18. The number of rotatable bonds is 4. The molecule has 0 atom stereocenters. The summed E-state index contributed by atoms with van der Waals surface area (Å²) in [5.74, 6) is 0. The quantitative estimate of drug-likeness (QED) is 0.487. The lowest BCUT2D eigenvalue weighted by Gasteiger charge is -2.36. The van der Waals surface area contributed by atoms with Gasteiger partial charge >= 0.3 is 6.03 Å². The Morgan fingerprint density at radius 2 is 1.63 bits per heavy atom. The lowest BCUT2D eigenvalue weighted by Crippen LogP contribution is -2.42. The van der Waals surface area contributed by atoms with E-state index in [-0.39, 0.29) is 6.03 Å². The van der Waals surface area contributed by atoms with Crippen molar-refractivity contribution in [1.29, 1.82) is 0 Å². The molecule has 0 radical (unpaired) electrons. The summed E-state index contributed by atoms with van der Waals surface area (Å²) in [4.78, 5) is 19.8. The Labute approximate surface area is 171 Å². The number of anilines is 1. The van der Waals surface area contributed by atoms with Gasteiger partial charge in [0.25, 0.3) is 0 Å². The number of pyridine rings is 1. The first-order valence-electron chi connectivity index (χ1n) is 8.30. The molecule has 0 N–H and O–H groups in total. The van der Waals surface area contributed by atoms with E-state index in [9.17, 15) is 4.79 Å². The number of aromatic nitrogens is 1. The van der Waals surface area contributed by atoms with Crippen LogP contribution in [0.5, 0.6) is 0 Å². The van der Waals surface area contributed by atoms with E-state index in [0.29, 0.717) is 23.1 Å². The van der Waals surface area contributed by atoms with Crippen LogP contribution in [-0.2, 0) is 13.1 Å². The molecule has 0 spiro atoms. The Morgan fingerprint density at radius 1 is 0.926 bits per heavy atom. The summed E-state index contributed by atoms with van der Waals surface area (Å²) < 4.78 is 1.71. The van der Waals surface area contributed by atoms with Crippen molar-refractivity contribution >= 4 is 46.9 Å². The van der Waals surface area contributed by atoms with Gasteiger partial charge in [0.2, 0.25) is 0 Å². The Bertz CT molecular complexity index is 970. The van der Waals surface area contributed by atoms with Crippen molar-refractivity contribution in [2.45, 2.75) is 18.0 Å². The molecule has 0 aliphatic carbocycles. The summed E-state index contributed by atoms with van der Waals surface area (Å²) in [6, 6.07) is 17.0. The molecule has 27 heavy (non-hydrogen) atoms. The number of amides is 2. The van der Waals surface area contributed by atoms with E-state index in [2.05, 4.69) is 4.98 Å². The lowest BCUT2D eigenvalue weighted by atomic mass is 10.2.